The van der Waals surface area contributed by atoms with Gasteiger partial charge in [0.2, 0.25) is 0 Å². The first kappa shape index (κ1) is 23.3. The molecule has 0 saturated heterocycles. The summed E-state index contributed by atoms with van der Waals surface area (Å²) < 4.78 is 2.36. The van der Waals surface area contributed by atoms with Gasteiger partial charge < -0.3 is 10.3 Å². The minimum Gasteiger partial charge on any atom is -0.366 e. The third-order valence-electron chi connectivity index (χ3n) is 5.86. The Kier molecular flexibility index (Phi) is 7.73. The molecule has 0 saturated carbocycles. The first-order valence-electron chi connectivity index (χ1n) is 11.2. The van der Waals surface area contributed by atoms with E-state index in [1.165, 1.54) is 24.1 Å². The molecule has 0 spiro atoms. The van der Waals surface area contributed by atoms with E-state index in [4.69, 9.17) is 5.73 Å². The Balaban J connectivity index is 2.63. The lowest BCUT2D eigenvalue weighted by Crippen LogP contribution is -2.14. The summed E-state index contributed by atoms with van der Waals surface area (Å²) in [5.41, 5.74) is 12.4. The summed E-state index contributed by atoms with van der Waals surface area (Å²) in [5.74, 6) is 0.296. The summed E-state index contributed by atoms with van der Waals surface area (Å²) in [6, 6.07) is 8.71. The fourth-order valence-electron chi connectivity index (χ4n) is 4.04. The number of carbonyl (C=O) groups is 1. The Bertz CT molecular complexity index is 820. The van der Waals surface area contributed by atoms with Crippen LogP contribution < -0.4 is 5.73 Å². The molecular weight excluding hydrogens is 356 g/mol. The molecule has 160 valence electrons. The van der Waals surface area contributed by atoms with Crippen molar-refractivity contribution in [2.24, 2.45) is 11.7 Å². The van der Waals surface area contributed by atoms with E-state index in [1.807, 2.05) is 0 Å². The van der Waals surface area contributed by atoms with Crippen LogP contribution in [0.2, 0.25) is 0 Å². The highest BCUT2D eigenvalue weighted by Crippen LogP contribution is 2.35. The molecule has 2 aromatic rings. The van der Waals surface area contributed by atoms with Crippen LogP contribution in [0.15, 0.2) is 24.3 Å². The van der Waals surface area contributed by atoms with Crippen LogP contribution in [0.25, 0.3) is 11.1 Å². The van der Waals surface area contributed by atoms with Gasteiger partial charge in [0.1, 0.15) is 0 Å². The summed E-state index contributed by atoms with van der Waals surface area (Å²) >= 11 is 0. The van der Waals surface area contributed by atoms with Gasteiger partial charge in [-0.2, -0.15) is 0 Å². The first-order chi connectivity index (χ1) is 13.6. The molecular formula is C26H40N2O. The lowest BCUT2D eigenvalue weighted by atomic mass is 9.86. The molecule has 0 bridgehead atoms. The van der Waals surface area contributed by atoms with Crippen LogP contribution >= 0.6 is 0 Å². The predicted octanol–water partition coefficient (Wildman–Crippen LogP) is 6.64. The number of carbonyl (C=O) groups excluding carboxylic acids is 1. The van der Waals surface area contributed by atoms with E-state index >= 15 is 0 Å². The minimum absolute atomic E-state index is 0.105. The van der Waals surface area contributed by atoms with E-state index in [2.05, 4.69) is 77.3 Å². The average molecular weight is 397 g/mol. The van der Waals surface area contributed by atoms with Gasteiger partial charge in [0.05, 0.1) is 5.56 Å². The van der Waals surface area contributed by atoms with E-state index in [0.717, 1.165) is 42.6 Å². The van der Waals surface area contributed by atoms with Crippen molar-refractivity contribution in [3.63, 3.8) is 0 Å². The lowest BCUT2D eigenvalue weighted by molar-refractivity contribution is 0.1000. The third kappa shape index (κ3) is 5.52. The monoisotopic (exact) mass is 396 g/mol. The van der Waals surface area contributed by atoms with Crippen molar-refractivity contribution in [1.29, 1.82) is 0 Å². The lowest BCUT2D eigenvalue weighted by Gasteiger charge is -2.19. The molecule has 1 amide bonds. The number of nitrogens with two attached hydrogens (primary N) is 1. The van der Waals surface area contributed by atoms with Gasteiger partial charge in [0.15, 0.2) is 0 Å². The number of benzene rings is 1. The molecule has 0 atom stereocenters. The molecule has 1 aromatic carbocycles. The maximum Gasteiger partial charge on any atom is 0.251 e. The standard InChI is InChI=1S/C26H40N2O/c1-8-9-10-11-22-24(20-12-14-21(15-13-20)26(5,6)7)23(25(27)29)19(4)28(22)17-16-18(2)3/h12-15,18H,8-11,16-17H2,1-7H3,(H2,27,29). The molecule has 2 rings (SSSR count). The second-order valence-corrected chi connectivity index (χ2v) is 9.76. The highest BCUT2D eigenvalue weighted by atomic mass is 16.1. The van der Waals surface area contributed by atoms with Crippen LogP contribution in [0.4, 0.5) is 0 Å². The number of primary amides is 1. The number of rotatable bonds is 9. The first-order valence-corrected chi connectivity index (χ1v) is 11.2. The second-order valence-electron chi connectivity index (χ2n) is 9.76. The molecule has 0 unspecified atom stereocenters. The van der Waals surface area contributed by atoms with Crippen molar-refractivity contribution in [2.45, 2.75) is 92.5 Å². The fraction of sp³-hybridized carbons (Fsp3) is 0.577. The molecule has 2 N–H and O–H groups in total. The van der Waals surface area contributed by atoms with E-state index < -0.39 is 0 Å². The van der Waals surface area contributed by atoms with Gasteiger partial charge in [-0.3, -0.25) is 4.79 Å². The van der Waals surface area contributed by atoms with Crippen LogP contribution in [0, 0.1) is 12.8 Å². The quantitative estimate of drug-likeness (QED) is 0.475. The molecule has 3 heteroatoms. The van der Waals surface area contributed by atoms with Gasteiger partial charge in [-0.25, -0.2) is 0 Å². The van der Waals surface area contributed by atoms with Crippen molar-refractivity contribution in [1.82, 2.24) is 4.57 Å². The Morgan fingerprint density at radius 2 is 1.72 bits per heavy atom. The van der Waals surface area contributed by atoms with E-state index in [0.29, 0.717) is 11.5 Å². The molecule has 0 aliphatic carbocycles. The average Bonchev–Trinajstić information content (AvgIpc) is 2.91. The largest absolute Gasteiger partial charge is 0.366 e. The summed E-state index contributed by atoms with van der Waals surface area (Å²) in [4.78, 5) is 12.5. The van der Waals surface area contributed by atoms with Crippen LogP contribution in [-0.4, -0.2) is 10.5 Å². The van der Waals surface area contributed by atoms with Crippen LogP contribution in [0.5, 0.6) is 0 Å². The minimum atomic E-state index is -0.322. The molecule has 0 radical (unpaired) electrons. The van der Waals surface area contributed by atoms with E-state index in [-0.39, 0.29) is 11.3 Å². The summed E-state index contributed by atoms with van der Waals surface area (Å²) in [6.07, 6.45) is 5.59. The highest BCUT2D eigenvalue weighted by molar-refractivity contribution is 6.02. The number of hydrogen-bond acceptors (Lipinski definition) is 1. The normalized spacial score (nSPS) is 12.0. The number of amides is 1. The second kappa shape index (κ2) is 9.65. The van der Waals surface area contributed by atoms with Gasteiger partial charge in [-0.15, -0.1) is 0 Å². The number of aromatic nitrogens is 1. The third-order valence-corrected chi connectivity index (χ3v) is 5.86. The summed E-state index contributed by atoms with van der Waals surface area (Å²) in [6.45, 7) is 16.4. The van der Waals surface area contributed by atoms with Crippen LogP contribution in [-0.2, 0) is 18.4 Å². The van der Waals surface area contributed by atoms with Crippen molar-refractivity contribution < 1.29 is 4.79 Å². The molecule has 0 aliphatic rings. The highest BCUT2D eigenvalue weighted by Gasteiger charge is 2.25. The zero-order chi connectivity index (χ0) is 21.8. The smallest absolute Gasteiger partial charge is 0.251 e. The Labute approximate surface area is 177 Å². The van der Waals surface area contributed by atoms with E-state index in [1.54, 1.807) is 0 Å². The van der Waals surface area contributed by atoms with Gasteiger partial charge in [0, 0.05) is 23.5 Å². The number of unbranched alkanes of at least 4 members (excludes halogenated alkanes) is 2. The molecule has 1 aromatic heterocycles. The van der Waals surface area contributed by atoms with Crippen molar-refractivity contribution in [3.8, 4) is 11.1 Å². The van der Waals surface area contributed by atoms with Gasteiger partial charge in [-0.1, -0.05) is 78.6 Å². The fourth-order valence-corrected chi connectivity index (χ4v) is 4.04. The summed E-state index contributed by atoms with van der Waals surface area (Å²) in [5, 5.41) is 0. The zero-order valence-electron chi connectivity index (χ0n) is 19.6. The Morgan fingerprint density at radius 3 is 2.21 bits per heavy atom. The van der Waals surface area contributed by atoms with Crippen molar-refractivity contribution in [3.05, 3.63) is 46.8 Å². The predicted molar refractivity (Wildman–Crippen MR) is 125 cm³/mol. The molecule has 0 fully saturated rings. The van der Waals surface area contributed by atoms with Gasteiger partial charge >= 0.3 is 0 Å². The topological polar surface area (TPSA) is 48.0 Å². The van der Waals surface area contributed by atoms with Crippen molar-refractivity contribution >= 4 is 5.91 Å². The molecule has 29 heavy (non-hydrogen) atoms. The Hall–Kier alpha value is -2.03. The van der Waals surface area contributed by atoms with Gasteiger partial charge in [-0.05, 0) is 48.6 Å². The summed E-state index contributed by atoms with van der Waals surface area (Å²) in [7, 11) is 0. The zero-order valence-corrected chi connectivity index (χ0v) is 19.6. The molecule has 1 heterocycles. The SMILES string of the molecule is CCCCCc1c(-c2ccc(C(C)(C)C)cc2)c(C(N)=O)c(C)n1CCC(C)C. The maximum absolute atomic E-state index is 12.5. The Morgan fingerprint density at radius 1 is 1.10 bits per heavy atom. The molecule has 0 aliphatic heterocycles. The van der Waals surface area contributed by atoms with Crippen molar-refractivity contribution in [2.75, 3.05) is 0 Å². The van der Waals surface area contributed by atoms with E-state index in [9.17, 15) is 4.79 Å². The maximum atomic E-state index is 12.5. The number of hydrogen-bond donors (Lipinski definition) is 1. The van der Waals surface area contributed by atoms with Crippen LogP contribution in [0.1, 0.15) is 94.5 Å². The molecule has 3 nitrogen and oxygen atoms in total. The van der Waals surface area contributed by atoms with Gasteiger partial charge in [0.25, 0.3) is 5.91 Å². The number of nitrogens with zero attached hydrogens (tertiary/aromatic N) is 1. The van der Waals surface area contributed by atoms with Crippen LogP contribution in [0.3, 0.4) is 0 Å².